The first kappa shape index (κ1) is 24.6. The van der Waals surface area contributed by atoms with Crippen molar-refractivity contribution in [2.75, 3.05) is 13.1 Å². The molecule has 0 bridgehead atoms. The van der Waals surface area contributed by atoms with Gasteiger partial charge in [0.1, 0.15) is 11.6 Å². The minimum atomic E-state index is -5.21. The number of carbonyl (C=O) groups excluding carboxylic acids is 2. The molecule has 0 fully saturated rings. The summed E-state index contributed by atoms with van der Waals surface area (Å²) < 4.78 is 43.2. The van der Waals surface area contributed by atoms with Gasteiger partial charge < -0.3 is 15.4 Å². The number of esters is 1. The molecule has 0 unspecified atom stereocenters. The molecule has 4 rings (SSSR count). The number of benzene rings is 2. The second-order valence-corrected chi connectivity index (χ2v) is 8.01. The summed E-state index contributed by atoms with van der Waals surface area (Å²) in [7, 11) is 0. The first-order valence-corrected chi connectivity index (χ1v) is 10.9. The number of amides is 1. The van der Waals surface area contributed by atoms with Crippen LogP contribution in [0.25, 0.3) is 16.8 Å². The van der Waals surface area contributed by atoms with Crippen LogP contribution < -0.4 is 10.5 Å². The molecule has 3 aromatic rings. The third kappa shape index (κ3) is 5.27. The lowest BCUT2D eigenvalue weighted by molar-refractivity contribution is -0.189. The molecule has 0 spiro atoms. The molecule has 2 heterocycles. The van der Waals surface area contributed by atoms with Crippen molar-refractivity contribution in [1.29, 1.82) is 5.41 Å². The van der Waals surface area contributed by atoms with Crippen LogP contribution in [0.4, 0.5) is 13.2 Å². The number of hydrogen-bond donors (Lipinski definition) is 2. The Balaban J connectivity index is 1.54. The Morgan fingerprint density at radius 2 is 1.78 bits per heavy atom. The summed E-state index contributed by atoms with van der Waals surface area (Å²) >= 11 is 0. The molecule has 0 aliphatic carbocycles. The molecule has 184 valence electrons. The largest absolute Gasteiger partial charge is 0.491 e. The highest BCUT2D eigenvalue weighted by Gasteiger charge is 2.42. The van der Waals surface area contributed by atoms with Gasteiger partial charge in [0.05, 0.1) is 11.3 Å². The zero-order valence-corrected chi connectivity index (χ0v) is 18.9. The number of halogens is 3. The highest BCUT2D eigenvalue weighted by molar-refractivity contribution is 6.00. The molecule has 1 amide bonds. The Morgan fingerprint density at radius 1 is 1.03 bits per heavy atom. The van der Waals surface area contributed by atoms with Crippen molar-refractivity contribution >= 4 is 23.3 Å². The van der Waals surface area contributed by atoms with Gasteiger partial charge in [0.25, 0.3) is 5.91 Å². The number of aromatic nitrogens is 1. The third-order valence-corrected chi connectivity index (χ3v) is 5.67. The molecule has 0 saturated carbocycles. The van der Waals surface area contributed by atoms with E-state index in [0.717, 1.165) is 11.3 Å². The van der Waals surface area contributed by atoms with Crippen molar-refractivity contribution in [1.82, 2.24) is 9.88 Å². The number of nitrogens with one attached hydrogen (secondary N) is 1. The van der Waals surface area contributed by atoms with Crippen molar-refractivity contribution in [2.45, 2.75) is 12.6 Å². The molecular weight excluding hydrogens is 473 g/mol. The molecule has 7 nitrogen and oxygen atoms in total. The number of nitrogen functional groups attached to an aromatic ring is 1. The molecule has 0 saturated heterocycles. The highest BCUT2D eigenvalue weighted by Crippen LogP contribution is 2.35. The Bertz CT molecular complexity index is 1340. The summed E-state index contributed by atoms with van der Waals surface area (Å²) in [6.07, 6.45) is -1.53. The number of nitrogens with two attached hydrogens (primary N) is 1. The number of pyridine rings is 1. The Morgan fingerprint density at radius 3 is 2.36 bits per heavy atom. The van der Waals surface area contributed by atoms with Gasteiger partial charge in [-0.2, -0.15) is 13.2 Å². The first-order chi connectivity index (χ1) is 17.1. The lowest BCUT2D eigenvalue weighted by Crippen LogP contribution is -2.34. The van der Waals surface area contributed by atoms with Gasteiger partial charge in [-0.25, -0.2) is 4.79 Å². The van der Waals surface area contributed by atoms with E-state index in [2.05, 4.69) is 9.72 Å². The maximum Gasteiger partial charge on any atom is 0.491 e. The van der Waals surface area contributed by atoms with Crippen molar-refractivity contribution in [2.24, 2.45) is 5.73 Å². The topological polar surface area (TPSA) is 109 Å². The van der Waals surface area contributed by atoms with Gasteiger partial charge in [-0.05, 0) is 42.3 Å². The van der Waals surface area contributed by atoms with E-state index in [1.807, 2.05) is 30.3 Å². The lowest BCUT2D eigenvalue weighted by Gasteiger charge is -2.27. The van der Waals surface area contributed by atoms with Crippen LogP contribution in [0, 0.1) is 5.41 Å². The van der Waals surface area contributed by atoms with Crippen molar-refractivity contribution in [3.63, 3.8) is 0 Å². The molecular formula is C26H21F3N4O3. The molecule has 0 radical (unpaired) electrons. The lowest BCUT2D eigenvalue weighted by atomic mass is 9.95. The second-order valence-electron chi connectivity index (χ2n) is 8.01. The monoisotopic (exact) mass is 494 g/mol. The number of para-hydroxylation sites is 1. The standard InChI is InChI=1S/C26H21F3N4O3/c27-26(28,29)25(35)36-22-19(4-3-5-20(22)23(30)31)16-11-14-33(15-12-16)24(34)18-9-7-17(8-10-18)21-6-1-2-13-32-21/h1-11,13H,12,14-15H2,(H3,30,31). The average molecular weight is 494 g/mol. The fourth-order valence-electron chi connectivity index (χ4n) is 3.86. The number of alkyl halides is 3. The Hall–Kier alpha value is -4.47. The van der Waals surface area contributed by atoms with Gasteiger partial charge in [-0.15, -0.1) is 0 Å². The average Bonchev–Trinajstić information content (AvgIpc) is 2.88. The van der Waals surface area contributed by atoms with E-state index < -0.39 is 23.7 Å². The molecule has 10 heteroatoms. The zero-order chi connectivity index (χ0) is 25.9. The van der Waals surface area contributed by atoms with Gasteiger partial charge >= 0.3 is 12.1 Å². The van der Waals surface area contributed by atoms with E-state index in [4.69, 9.17) is 11.1 Å². The third-order valence-electron chi connectivity index (χ3n) is 5.67. The van der Waals surface area contributed by atoms with Crippen LogP contribution in [0.15, 0.2) is 72.9 Å². The number of carbonyl (C=O) groups is 2. The molecule has 36 heavy (non-hydrogen) atoms. The van der Waals surface area contributed by atoms with Crippen LogP contribution >= 0.6 is 0 Å². The van der Waals surface area contributed by atoms with E-state index in [1.165, 1.54) is 18.2 Å². The second kappa shape index (κ2) is 10.0. The maximum absolute atomic E-state index is 13.0. The summed E-state index contributed by atoms with van der Waals surface area (Å²) in [6.45, 7) is 0.497. The van der Waals surface area contributed by atoms with E-state index in [9.17, 15) is 22.8 Å². The fourth-order valence-corrected chi connectivity index (χ4v) is 3.86. The predicted molar refractivity (Wildman–Crippen MR) is 127 cm³/mol. The van der Waals surface area contributed by atoms with E-state index >= 15 is 0 Å². The van der Waals surface area contributed by atoms with E-state index in [-0.39, 0.29) is 23.6 Å². The summed E-state index contributed by atoms with van der Waals surface area (Å²) in [5, 5.41) is 7.67. The first-order valence-electron chi connectivity index (χ1n) is 10.9. The molecule has 1 aromatic heterocycles. The summed E-state index contributed by atoms with van der Waals surface area (Å²) in [5.41, 5.74) is 8.33. The van der Waals surface area contributed by atoms with Crippen LogP contribution in [0.2, 0.25) is 0 Å². The number of rotatable bonds is 5. The molecule has 2 aromatic carbocycles. The molecule has 1 aliphatic heterocycles. The number of hydrogen-bond acceptors (Lipinski definition) is 5. The summed E-state index contributed by atoms with van der Waals surface area (Å²) in [5.74, 6) is -3.56. The number of ether oxygens (including phenoxy) is 1. The zero-order valence-electron chi connectivity index (χ0n) is 18.9. The van der Waals surface area contributed by atoms with Gasteiger partial charge in [0.2, 0.25) is 0 Å². The van der Waals surface area contributed by atoms with Gasteiger partial charge in [0.15, 0.2) is 0 Å². The fraction of sp³-hybridized carbons (Fsp3) is 0.154. The molecule has 1 aliphatic rings. The van der Waals surface area contributed by atoms with Gasteiger partial charge in [-0.1, -0.05) is 36.4 Å². The molecule has 3 N–H and O–H groups in total. The Kier molecular flexibility index (Phi) is 6.86. The van der Waals surface area contributed by atoms with Gasteiger partial charge in [-0.3, -0.25) is 15.2 Å². The maximum atomic E-state index is 13.0. The summed E-state index contributed by atoms with van der Waals surface area (Å²) in [6, 6.07) is 16.9. The van der Waals surface area contributed by atoms with Gasteiger partial charge in [0, 0.05) is 36.0 Å². The van der Waals surface area contributed by atoms with Crippen LogP contribution in [0.1, 0.15) is 27.9 Å². The quantitative estimate of drug-likeness (QED) is 0.236. The minimum Gasteiger partial charge on any atom is -0.418 e. The SMILES string of the molecule is N=C(N)c1cccc(C2=CCN(C(=O)c3ccc(-c4ccccn4)cc3)CC2)c1OC(=O)C(F)(F)F. The van der Waals surface area contributed by atoms with Crippen molar-refractivity contribution in [3.05, 3.63) is 89.6 Å². The molecule has 0 atom stereocenters. The van der Waals surface area contributed by atoms with E-state index in [1.54, 1.807) is 29.3 Å². The van der Waals surface area contributed by atoms with Crippen molar-refractivity contribution < 1.29 is 27.5 Å². The normalized spacial score (nSPS) is 13.6. The van der Waals surface area contributed by atoms with Crippen LogP contribution in [-0.4, -0.2) is 46.9 Å². The van der Waals surface area contributed by atoms with Crippen molar-refractivity contribution in [3.8, 4) is 17.0 Å². The smallest absolute Gasteiger partial charge is 0.418 e. The minimum absolute atomic E-state index is 0.127. The van der Waals surface area contributed by atoms with Crippen LogP contribution in [0.3, 0.4) is 0 Å². The van der Waals surface area contributed by atoms with Crippen LogP contribution in [0.5, 0.6) is 5.75 Å². The predicted octanol–water partition coefficient (Wildman–Crippen LogP) is 4.43. The summed E-state index contributed by atoms with van der Waals surface area (Å²) in [4.78, 5) is 30.4. The number of amidine groups is 1. The highest BCUT2D eigenvalue weighted by atomic mass is 19.4. The Labute approximate surface area is 204 Å². The van der Waals surface area contributed by atoms with E-state index in [0.29, 0.717) is 24.1 Å². The van der Waals surface area contributed by atoms with Crippen LogP contribution in [-0.2, 0) is 4.79 Å². The number of nitrogens with zero attached hydrogens (tertiary/aromatic N) is 2.